The Labute approximate surface area is 288 Å². The topological polar surface area (TPSA) is 131 Å². The van der Waals surface area contributed by atoms with Crippen LogP contribution in [0.25, 0.3) is 11.1 Å². The van der Waals surface area contributed by atoms with Gasteiger partial charge in [-0.2, -0.15) is 18.3 Å². The van der Waals surface area contributed by atoms with E-state index in [1.807, 2.05) is 33.0 Å². The van der Waals surface area contributed by atoms with Crippen LogP contribution >= 0.6 is 0 Å². The lowest BCUT2D eigenvalue weighted by Crippen LogP contribution is -2.30. The molecule has 266 valence electrons. The van der Waals surface area contributed by atoms with Crippen LogP contribution in [0.5, 0.6) is 11.5 Å². The maximum Gasteiger partial charge on any atom is 0.416 e. The summed E-state index contributed by atoms with van der Waals surface area (Å²) in [4.78, 5) is 30.7. The number of amides is 1. The van der Waals surface area contributed by atoms with Crippen LogP contribution in [0, 0.1) is 0 Å². The molecule has 11 nitrogen and oxygen atoms in total. The maximum atomic E-state index is 13.1. The van der Waals surface area contributed by atoms with E-state index in [2.05, 4.69) is 10.1 Å². The van der Waals surface area contributed by atoms with Gasteiger partial charge < -0.3 is 29.6 Å². The molecule has 0 radical (unpaired) electrons. The summed E-state index contributed by atoms with van der Waals surface area (Å²) in [6.45, 7) is 7.80. The van der Waals surface area contributed by atoms with Crippen LogP contribution in [0.2, 0.25) is 0 Å². The fourth-order valence-corrected chi connectivity index (χ4v) is 5.31. The van der Waals surface area contributed by atoms with Crippen LogP contribution in [0.4, 0.5) is 24.7 Å². The molecule has 50 heavy (non-hydrogen) atoms. The number of rotatable bonds is 14. The molecule has 14 heteroatoms. The number of nitrogens with two attached hydrogens (primary N) is 1. The zero-order valence-corrected chi connectivity index (χ0v) is 28.2. The van der Waals surface area contributed by atoms with Gasteiger partial charge in [-0.3, -0.25) is 14.3 Å². The van der Waals surface area contributed by atoms with Crippen molar-refractivity contribution in [3.63, 3.8) is 0 Å². The van der Waals surface area contributed by atoms with Gasteiger partial charge in [0, 0.05) is 35.8 Å². The summed E-state index contributed by atoms with van der Waals surface area (Å²) in [5, 5.41) is 4.40. The van der Waals surface area contributed by atoms with Crippen molar-refractivity contribution in [2.75, 3.05) is 43.6 Å². The Bertz CT molecular complexity index is 1800. The average molecular weight is 696 g/mol. The number of alkyl halides is 3. The van der Waals surface area contributed by atoms with Crippen molar-refractivity contribution in [1.29, 1.82) is 0 Å². The Kier molecular flexibility index (Phi) is 11.4. The average Bonchev–Trinajstić information content (AvgIpc) is 3.70. The standard InChI is InChI=1S/C36H40F3N5O6/c1-35(2,3)50-33(46)10-13-47-15-16-48-14-12-43-23-27(22-42-43)26-20-31(34(40)41-21-26)49-29-7-8-30-25(19-29)9-11-44(30)32(45)18-24-5-4-6-28(17-24)36(37,38)39/h4-8,17,19-23H,9-16,18H2,1-3H3,(H2,40,41). The maximum absolute atomic E-state index is 13.1. The molecule has 0 saturated heterocycles. The summed E-state index contributed by atoms with van der Waals surface area (Å²) in [5.74, 6) is 0.461. The van der Waals surface area contributed by atoms with Crippen LogP contribution < -0.4 is 15.4 Å². The number of pyridine rings is 1. The summed E-state index contributed by atoms with van der Waals surface area (Å²) in [6, 6.07) is 11.9. The molecule has 2 aromatic heterocycles. The molecule has 0 unspecified atom stereocenters. The monoisotopic (exact) mass is 695 g/mol. The minimum absolute atomic E-state index is 0.145. The molecule has 1 aliphatic rings. The van der Waals surface area contributed by atoms with E-state index in [-0.39, 0.29) is 37.1 Å². The molecular weight excluding hydrogens is 655 g/mol. The predicted molar refractivity (Wildman–Crippen MR) is 180 cm³/mol. The summed E-state index contributed by atoms with van der Waals surface area (Å²) in [5.41, 5.74) is 8.25. The minimum Gasteiger partial charge on any atom is -0.460 e. The number of hydrogen-bond donors (Lipinski definition) is 1. The Morgan fingerprint density at radius 2 is 1.72 bits per heavy atom. The summed E-state index contributed by atoms with van der Waals surface area (Å²) < 4.78 is 63.5. The van der Waals surface area contributed by atoms with E-state index in [4.69, 9.17) is 24.7 Å². The van der Waals surface area contributed by atoms with Gasteiger partial charge in [0.05, 0.1) is 57.6 Å². The highest BCUT2D eigenvalue weighted by molar-refractivity contribution is 5.96. The van der Waals surface area contributed by atoms with Crippen molar-refractivity contribution in [3.8, 4) is 22.6 Å². The second kappa shape index (κ2) is 15.7. The fraction of sp³-hybridized carbons (Fsp3) is 0.389. The van der Waals surface area contributed by atoms with Crippen LogP contribution in [-0.2, 0) is 49.4 Å². The van der Waals surface area contributed by atoms with E-state index in [1.54, 1.807) is 40.2 Å². The van der Waals surface area contributed by atoms with E-state index < -0.39 is 17.3 Å². The highest BCUT2D eigenvalue weighted by Gasteiger charge is 2.31. The largest absolute Gasteiger partial charge is 0.460 e. The van der Waals surface area contributed by atoms with Gasteiger partial charge in [-0.15, -0.1) is 0 Å². The number of fused-ring (bicyclic) bond motifs is 1. The summed E-state index contributed by atoms with van der Waals surface area (Å²) in [7, 11) is 0. The lowest BCUT2D eigenvalue weighted by atomic mass is 10.1. The third kappa shape index (κ3) is 10.0. The van der Waals surface area contributed by atoms with E-state index in [1.165, 1.54) is 12.1 Å². The first kappa shape index (κ1) is 36.3. The highest BCUT2D eigenvalue weighted by Crippen LogP contribution is 2.36. The quantitative estimate of drug-likeness (QED) is 0.120. The lowest BCUT2D eigenvalue weighted by Gasteiger charge is -2.19. The molecule has 1 aliphatic heterocycles. The van der Waals surface area contributed by atoms with Crippen LogP contribution in [0.1, 0.15) is 43.9 Å². The smallest absolute Gasteiger partial charge is 0.416 e. The third-order valence-corrected chi connectivity index (χ3v) is 7.64. The van der Waals surface area contributed by atoms with Gasteiger partial charge in [0.2, 0.25) is 5.91 Å². The number of esters is 1. The van der Waals surface area contributed by atoms with Crippen molar-refractivity contribution < 1.29 is 41.7 Å². The van der Waals surface area contributed by atoms with E-state index in [0.29, 0.717) is 62.1 Å². The fourth-order valence-electron chi connectivity index (χ4n) is 5.31. The number of hydrogen-bond acceptors (Lipinski definition) is 9. The number of nitrogen functional groups attached to an aromatic ring is 1. The second-order valence-electron chi connectivity index (χ2n) is 12.7. The minimum atomic E-state index is -4.48. The first-order chi connectivity index (χ1) is 23.7. The molecule has 1 amide bonds. The van der Waals surface area contributed by atoms with Gasteiger partial charge in [0.25, 0.3) is 0 Å². The first-order valence-corrected chi connectivity index (χ1v) is 16.2. The first-order valence-electron chi connectivity index (χ1n) is 16.2. The van der Waals surface area contributed by atoms with Crippen molar-refractivity contribution >= 4 is 23.4 Å². The summed E-state index contributed by atoms with van der Waals surface area (Å²) in [6.07, 6.45) is 1.33. The van der Waals surface area contributed by atoms with Gasteiger partial charge in [0.1, 0.15) is 11.4 Å². The van der Waals surface area contributed by atoms with Crippen LogP contribution in [-0.4, -0.2) is 65.2 Å². The highest BCUT2D eigenvalue weighted by atomic mass is 19.4. The SMILES string of the molecule is CC(C)(C)OC(=O)CCOCCOCCn1cc(-c2cnc(N)c(Oc3ccc4c(c3)CCN4C(=O)Cc3cccc(C(F)(F)F)c3)c2)cn1. The number of aromatic nitrogens is 3. The van der Waals surface area contributed by atoms with E-state index >= 15 is 0 Å². The number of benzene rings is 2. The number of ether oxygens (including phenoxy) is 4. The van der Waals surface area contributed by atoms with Crippen molar-refractivity contribution in [2.24, 2.45) is 0 Å². The zero-order valence-electron chi connectivity index (χ0n) is 28.2. The zero-order chi connectivity index (χ0) is 35.9. The number of carbonyl (C=O) groups is 2. The third-order valence-electron chi connectivity index (χ3n) is 7.64. The van der Waals surface area contributed by atoms with Crippen LogP contribution in [0.3, 0.4) is 0 Å². The van der Waals surface area contributed by atoms with Gasteiger partial charge in [-0.25, -0.2) is 4.98 Å². The Morgan fingerprint density at radius 3 is 2.48 bits per heavy atom. The molecule has 5 rings (SSSR count). The van der Waals surface area contributed by atoms with E-state index in [0.717, 1.165) is 28.8 Å². The molecule has 2 aromatic carbocycles. The van der Waals surface area contributed by atoms with Crippen molar-refractivity contribution in [3.05, 3.63) is 83.8 Å². The predicted octanol–water partition coefficient (Wildman–Crippen LogP) is 6.24. The molecule has 0 aliphatic carbocycles. The normalized spacial score (nSPS) is 13.0. The summed E-state index contributed by atoms with van der Waals surface area (Å²) >= 11 is 0. The molecule has 3 heterocycles. The van der Waals surface area contributed by atoms with Gasteiger partial charge in [0.15, 0.2) is 11.6 Å². The Hall–Kier alpha value is -4.95. The van der Waals surface area contributed by atoms with Gasteiger partial charge in [-0.05, 0) is 68.7 Å². The lowest BCUT2D eigenvalue weighted by molar-refractivity contribution is -0.156. The van der Waals surface area contributed by atoms with Crippen molar-refractivity contribution in [1.82, 2.24) is 14.8 Å². The molecule has 0 spiro atoms. The number of halogens is 3. The van der Waals surface area contributed by atoms with Crippen molar-refractivity contribution in [2.45, 2.75) is 58.4 Å². The van der Waals surface area contributed by atoms with Gasteiger partial charge >= 0.3 is 12.1 Å². The number of anilines is 2. The molecule has 2 N–H and O–H groups in total. The Morgan fingerprint density at radius 1 is 0.940 bits per heavy atom. The van der Waals surface area contributed by atoms with Gasteiger partial charge in [-0.1, -0.05) is 18.2 Å². The molecule has 0 fully saturated rings. The molecule has 0 saturated carbocycles. The molecular formula is C36H40F3N5O6. The van der Waals surface area contributed by atoms with Crippen LogP contribution in [0.15, 0.2) is 67.1 Å². The number of carbonyl (C=O) groups excluding carboxylic acids is 2. The molecule has 0 bridgehead atoms. The molecule has 4 aromatic rings. The Balaban J connectivity index is 1.11. The molecule has 0 atom stereocenters. The van der Waals surface area contributed by atoms with E-state index in [9.17, 15) is 22.8 Å². The number of nitrogens with zero attached hydrogens (tertiary/aromatic N) is 4. The second-order valence-corrected chi connectivity index (χ2v) is 12.7.